The van der Waals surface area contributed by atoms with Crippen molar-refractivity contribution in [1.29, 1.82) is 0 Å². The fourth-order valence-corrected chi connectivity index (χ4v) is 5.90. The molecule has 0 saturated carbocycles. The standard InChI is InChI=1S/C34H44F4N8O8/c1-33(2,3)54-32(48)39-12-7-8-26-23(18-34(36,37)38)27-9-6-10-28(45(27)42-26)41-29-22(20-43(4)21-25(29)35)11-14-52-16-17-53-15-13-44-30(46(49)50)24(19-40-44)31(47)51-5/h6,9-10,19,22,25,29,41H,11-18,20-21H2,1-5H3,(H,39,48)/t22-,25-,29+/m0/s1. The lowest BCUT2D eigenvalue weighted by Crippen LogP contribution is -2.53. The molecule has 1 aliphatic heterocycles. The first-order chi connectivity index (χ1) is 25.5. The van der Waals surface area contributed by atoms with Gasteiger partial charge in [0.1, 0.15) is 29.8 Å². The number of pyridine rings is 1. The summed E-state index contributed by atoms with van der Waals surface area (Å²) in [5.41, 5.74) is -1.15. The second kappa shape index (κ2) is 18.4. The molecule has 54 heavy (non-hydrogen) atoms. The highest BCUT2D eigenvalue weighted by Gasteiger charge is 2.37. The van der Waals surface area contributed by atoms with Crippen molar-refractivity contribution in [3.8, 4) is 11.8 Å². The van der Waals surface area contributed by atoms with Gasteiger partial charge < -0.3 is 44.6 Å². The minimum absolute atomic E-state index is 0.00698. The first-order valence-corrected chi connectivity index (χ1v) is 17.0. The number of likely N-dealkylation sites (tertiary alicyclic amines) is 1. The van der Waals surface area contributed by atoms with Crippen molar-refractivity contribution in [2.75, 3.05) is 65.5 Å². The molecule has 0 aliphatic carbocycles. The SMILES string of the molecule is COC(=O)c1cnn(CCOCCOCC[C@H]2CN(C)C[C@H](F)[C@@H]2Nc2cccc3c(CC(F)(F)F)c(C#CCNC(=O)OC(C)(C)C)nn23)c1[N+](=O)[O-]. The quantitative estimate of drug-likeness (QED) is 0.0569. The number of ether oxygens (including phenoxy) is 4. The molecule has 1 fully saturated rings. The van der Waals surface area contributed by atoms with Crippen LogP contribution in [0.2, 0.25) is 0 Å². The van der Waals surface area contributed by atoms with Crippen LogP contribution in [0.4, 0.5) is 34.0 Å². The first kappa shape index (κ1) is 41.8. The Labute approximate surface area is 308 Å². The van der Waals surface area contributed by atoms with Crippen LogP contribution in [0.1, 0.15) is 48.8 Å². The molecular formula is C34H44F4N8O8. The number of nitrogens with zero attached hydrogens (tertiary/aromatic N) is 6. The van der Waals surface area contributed by atoms with Crippen LogP contribution in [0.25, 0.3) is 5.52 Å². The number of nitrogens with one attached hydrogen (secondary N) is 2. The fraction of sp³-hybridized carbons (Fsp3) is 0.588. The predicted molar refractivity (Wildman–Crippen MR) is 186 cm³/mol. The van der Waals surface area contributed by atoms with E-state index in [1.54, 1.807) is 40.0 Å². The monoisotopic (exact) mass is 768 g/mol. The molecule has 16 nitrogen and oxygen atoms in total. The van der Waals surface area contributed by atoms with E-state index in [-0.39, 0.29) is 80.1 Å². The molecule has 20 heteroatoms. The molecule has 1 amide bonds. The molecule has 3 atom stereocenters. The number of fused-ring (bicyclic) bond motifs is 1. The molecule has 0 aromatic carbocycles. The third kappa shape index (κ3) is 11.8. The number of aromatic nitrogens is 4. The summed E-state index contributed by atoms with van der Waals surface area (Å²) >= 11 is 0. The van der Waals surface area contributed by atoms with Gasteiger partial charge in [-0.3, -0.25) is 0 Å². The first-order valence-electron chi connectivity index (χ1n) is 17.0. The largest absolute Gasteiger partial charge is 0.465 e. The fourth-order valence-electron chi connectivity index (χ4n) is 5.90. The maximum absolute atomic E-state index is 15.6. The Morgan fingerprint density at radius 1 is 1.11 bits per heavy atom. The Balaban J connectivity index is 1.37. The highest BCUT2D eigenvalue weighted by atomic mass is 19.4. The third-order valence-corrected chi connectivity index (χ3v) is 8.15. The van der Waals surface area contributed by atoms with E-state index in [2.05, 4.69) is 37.4 Å². The number of carbonyl (C=O) groups is 2. The van der Waals surface area contributed by atoms with Gasteiger partial charge >= 0.3 is 24.1 Å². The van der Waals surface area contributed by atoms with E-state index >= 15 is 4.39 Å². The number of amides is 1. The summed E-state index contributed by atoms with van der Waals surface area (Å²) in [5, 5.41) is 25.3. The molecule has 0 bridgehead atoms. The highest BCUT2D eigenvalue weighted by molar-refractivity contribution is 5.92. The van der Waals surface area contributed by atoms with Gasteiger partial charge in [-0.1, -0.05) is 17.1 Å². The second-order valence-electron chi connectivity index (χ2n) is 13.5. The molecule has 3 aromatic heterocycles. The molecule has 0 radical (unpaired) electrons. The molecular weight excluding hydrogens is 724 g/mol. The van der Waals surface area contributed by atoms with E-state index in [0.717, 1.165) is 18.0 Å². The number of nitro groups is 1. The topological polar surface area (TPSA) is 177 Å². The molecule has 0 spiro atoms. The minimum atomic E-state index is -4.57. The maximum Gasteiger partial charge on any atom is 0.408 e. The number of alkyl halides is 4. The summed E-state index contributed by atoms with van der Waals surface area (Å²) in [6.07, 6.45) is -6.43. The molecule has 0 unspecified atom stereocenters. The Hall–Kier alpha value is -5.00. The summed E-state index contributed by atoms with van der Waals surface area (Å²) < 4.78 is 80.0. The van der Waals surface area contributed by atoms with E-state index in [1.807, 2.05) is 4.90 Å². The Bertz CT molecular complexity index is 1830. The van der Waals surface area contributed by atoms with Crippen molar-refractivity contribution in [1.82, 2.24) is 29.6 Å². The molecule has 1 saturated heterocycles. The van der Waals surface area contributed by atoms with Crippen LogP contribution in [-0.4, -0.2) is 125 Å². The van der Waals surface area contributed by atoms with E-state index in [9.17, 15) is 32.9 Å². The molecule has 4 rings (SSSR count). The van der Waals surface area contributed by atoms with Gasteiger partial charge in [-0.25, -0.2) is 18.5 Å². The number of esters is 1. The van der Waals surface area contributed by atoms with Crippen molar-refractivity contribution in [3.63, 3.8) is 0 Å². The number of carbonyl (C=O) groups excluding carboxylic acids is 2. The highest BCUT2D eigenvalue weighted by Crippen LogP contribution is 2.30. The Morgan fingerprint density at radius 2 is 1.83 bits per heavy atom. The average Bonchev–Trinajstić information content (AvgIpc) is 3.65. The van der Waals surface area contributed by atoms with Gasteiger partial charge in [0.15, 0.2) is 5.56 Å². The van der Waals surface area contributed by atoms with Crippen LogP contribution in [0, 0.1) is 27.9 Å². The van der Waals surface area contributed by atoms with Gasteiger partial charge in [-0.2, -0.15) is 18.3 Å². The van der Waals surface area contributed by atoms with Crippen LogP contribution in [0.15, 0.2) is 24.4 Å². The molecule has 4 heterocycles. The Morgan fingerprint density at radius 3 is 2.50 bits per heavy atom. The summed E-state index contributed by atoms with van der Waals surface area (Å²) in [6.45, 7) is 6.16. The van der Waals surface area contributed by atoms with Gasteiger partial charge in [0, 0.05) is 25.3 Å². The number of hydrogen-bond donors (Lipinski definition) is 2. The van der Waals surface area contributed by atoms with Crippen molar-refractivity contribution < 1.29 is 51.0 Å². The second-order valence-corrected chi connectivity index (χ2v) is 13.5. The molecule has 1 aliphatic rings. The Kier molecular flexibility index (Phi) is 14.2. The van der Waals surface area contributed by atoms with E-state index in [0.29, 0.717) is 13.0 Å². The number of alkyl carbamates (subject to hydrolysis) is 1. The van der Waals surface area contributed by atoms with Crippen LogP contribution >= 0.6 is 0 Å². The zero-order chi connectivity index (χ0) is 39.6. The number of methoxy groups -OCH3 is 1. The van der Waals surface area contributed by atoms with Crippen molar-refractivity contribution in [2.45, 2.75) is 64.1 Å². The summed E-state index contributed by atoms with van der Waals surface area (Å²) in [5.74, 6) is 3.91. The lowest BCUT2D eigenvalue weighted by molar-refractivity contribution is -0.393. The zero-order valence-electron chi connectivity index (χ0n) is 30.6. The predicted octanol–water partition coefficient (Wildman–Crippen LogP) is 4.01. The number of halogens is 4. The van der Waals surface area contributed by atoms with Gasteiger partial charge in [-0.05, 0) is 63.1 Å². The summed E-state index contributed by atoms with van der Waals surface area (Å²) in [6, 6.07) is 3.91. The van der Waals surface area contributed by atoms with E-state index in [4.69, 9.17) is 14.2 Å². The normalized spacial score (nSPS) is 17.8. The lowest BCUT2D eigenvalue weighted by atomic mass is 9.88. The third-order valence-electron chi connectivity index (χ3n) is 8.15. The zero-order valence-corrected chi connectivity index (χ0v) is 30.6. The molecule has 2 N–H and O–H groups in total. The van der Waals surface area contributed by atoms with Crippen LogP contribution < -0.4 is 10.6 Å². The van der Waals surface area contributed by atoms with Gasteiger partial charge in [-0.15, -0.1) is 4.68 Å². The van der Waals surface area contributed by atoms with Crippen molar-refractivity contribution >= 4 is 29.2 Å². The number of piperidine rings is 1. The van der Waals surface area contributed by atoms with Crippen molar-refractivity contribution in [2.24, 2.45) is 5.92 Å². The maximum atomic E-state index is 15.6. The number of rotatable bonds is 15. The minimum Gasteiger partial charge on any atom is -0.465 e. The van der Waals surface area contributed by atoms with Gasteiger partial charge in [0.05, 0.1) is 57.7 Å². The van der Waals surface area contributed by atoms with E-state index in [1.165, 1.54) is 10.6 Å². The van der Waals surface area contributed by atoms with Crippen LogP contribution in [-0.2, 0) is 31.9 Å². The van der Waals surface area contributed by atoms with E-state index < -0.39 is 53.2 Å². The average molecular weight is 769 g/mol. The van der Waals surface area contributed by atoms with Crippen LogP contribution in [0.3, 0.4) is 0 Å². The summed E-state index contributed by atoms with van der Waals surface area (Å²) in [7, 11) is 2.90. The van der Waals surface area contributed by atoms with Crippen molar-refractivity contribution in [3.05, 3.63) is 51.3 Å². The van der Waals surface area contributed by atoms with Gasteiger partial charge in [0.25, 0.3) is 0 Å². The molecule has 296 valence electrons. The summed E-state index contributed by atoms with van der Waals surface area (Å²) in [4.78, 5) is 36.3. The van der Waals surface area contributed by atoms with Gasteiger partial charge in [0.2, 0.25) is 0 Å². The number of hydrogen-bond acceptors (Lipinski definition) is 12. The van der Waals surface area contributed by atoms with Crippen LogP contribution in [0.5, 0.6) is 0 Å². The number of anilines is 1. The smallest absolute Gasteiger partial charge is 0.408 e. The lowest BCUT2D eigenvalue weighted by Gasteiger charge is -2.40. The molecule has 3 aromatic rings.